The fourth-order valence-electron chi connectivity index (χ4n) is 5.68. The molecule has 1 fully saturated rings. The van der Waals surface area contributed by atoms with Gasteiger partial charge in [0.1, 0.15) is 18.1 Å². The summed E-state index contributed by atoms with van der Waals surface area (Å²) in [5.74, 6) is 2.39. The van der Waals surface area contributed by atoms with E-state index in [0.717, 1.165) is 35.0 Å². The number of benzene rings is 2. The number of fused-ring (bicyclic) bond motifs is 1. The molecule has 0 amide bonds. The Balaban J connectivity index is 0.000000173. The summed E-state index contributed by atoms with van der Waals surface area (Å²) in [6.45, 7) is 15.2. The van der Waals surface area contributed by atoms with Crippen molar-refractivity contribution in [3.05, 3.63) is 64.7 Å². The number of hydrogen-bond acceptors (Lipinski definition) is 6. The average molecular weight is 505 g/mol. The molecule has 3 N–H and O–H groups in total. The van der Waals surface area contributed by atoms with E-state index in [0.29, 0.717) is 29.9 Å². The van der Waals surface area contributed by atoms with Crippen LogP contribution >= 0.6 is 0 Å². The van der Waals surface area contributed by atoms with Crippen molar-refractivity contribution in [3.8, 4) is 11.5 Å². The molecular formula is C30H40BNO5. The Hall–Kier alpha value is -2.77. The summed E-state index contributed by atoms with van der Waals surface area (Å²) in [6.07, 6.45) is 4.33. The van der Waals surface area contributed by atoms with Gasteiger partial charge in [0.15, 0.2) is 6.40 Å². The van der Waals surface area contributed by atoms with Gasteiger partial charge in [-0.25, -0.2) is 0 Å². The molecule has 6 nitrogen and oxygen atoms in total. The van der Waals surface area contributed by atoms with E-state index in [9.17, 15) is 10.2 Å². The van der Waals surface area contributed by atoms with Crippen molar-refractivity contribution in [2.45, 2.75) is 84.5 Å². The van der Waals surface area contributed by atoms with Gasteiger partial charge in [-0.2, -0.15) is 0 Å². The minimum absolute atomic E-state index is 0.261. The third kappa shape index (κ3) is 5.16. The molecule has 0 saturated carbocycles. The molecule has 37 heavy (non-hydrogen) atoms. The van der Waals surface area contributed by atoms with Crippen molar-refractivity contribution >= 4 is 19.0 Å². The van der Waals surface area contributed by atoms with Crippen LogP contribution in [0.3, 0.4) is 0 Å². The van der Waals surface area contributed by atoms with Crippen LogP contribution in [0.2, 0.25) is 0 Å². The van der Waals surface area contributed by atoms with Gasteiger partial charge in [0.25, 0.3) is 0 Å². The summed E-state index contributed by atoms with van der Waals surface area (Å²) in [5.41, 5.74) is 4.65. The quantitative estimate of drug-likeness (QED) is 0.152. The molecule has 3 aliphatic carbocycles. The van der Waals surface area contributed by atoms with Gasteiger partial charge in [-0.15, -0.1) is 0 Å². The minimum Gasteiger partial charge on any atom is -0.508 e. The maximum Gasteiger partial charge on any atom is 0.494 e. The average Bonchev–Trinajstić information content (AvgIpc) is 3.07. The Morgan fingerprint density at radius 2 is 1.57 bits per heavy atom. The molecule has 3 unspecified atom stereocenters. The van der Waals surface area contributed by atoms with Gasteiger partial charge in [-0.1, -0.05) is 49.8 Å². The molecule has 1 heterocycles. The second-order valence-corrected chi connectivity index (χ2v) is 11.8. The number of aromatic hydroxyl groups is 2. The summed E-state index contributed by atoms with van der Waals surface area (Å²) in [4.78, 5) is 0. The number of nitrogens with one attached hydrogen (secondary N) is 1. The van der Waals surface area contributed by atoms with E-state index in [-0.39, 0.29) is 30.2 Å². The van der Waals surface area contributed by atoms with Gasteiger partial charge in [0, 0.05) is 23.0 Å². The summed E-state index contributed by atoms with van der Waals surface area (Å²) in [5, 5.41) is 27.1. The Morgan fingerprint density at radius 3 is 2.11 bits per heavy atom. The lowest BCUT2D eigenvalue weighted by atomic mass is 9.60. The Morgan fingerprint density at radius 1 is 1.00 bits per heavy atom. The van der Waals surface area contributed by atoms with E-state index in [2.05, 4.69) is 26.8 Å². The molecule has 2 aromatic rings. The van der Waals surface area contributed by atoms with E-state index in [1.54, 1.807) is 12.1 Å². The lowest BCUT2D eigenvalue weighted by Crippen LogP contribution is -2.41. The van der Waals surface area contributed by atoms with Crippen LogP contribution < -0.4 is 5.46 Å². The van der Waals surface area contributed by atoms with Gasteiger partial charge in [0.05, 0.1) is 11.2 Å². The number of phenols is 2. The first-order valence-corrected chi connectivity index (χ1v) is 13.1. The summed E-state index contributed by atoms with van der Waals surface area (Å²) in [7, 11) is -0.331. The molecule has 0 aromatic heterocycles. The number of rotatable bonds is 5. The first-order chi connectivity index (χ1) is 17.4. The highest BCUT2D eigenvalue weighted by atomic mass is 16.7. The van der Waals surface area contributed by atoms with Crippen LogP contribution in [0.25, 0.3) is 0 Å². The van der Waals surface area contributed by atoms with Crippen LogP contribution in [0, 0.1) is 17.2 Å². The fraction of sp³-hybridized carbons (Fsp3) is 0.500. The molecule has 0 radical (unpaired) electrons. The van der Waals surface area contributed by atoms with Crippen LogP contribution in [0.15, 0.2) is 48.0 Å². The third-order valence-corrected chi connectivity index (χ3v) is 8.58. The largest absolute Gasteiger partial charge is 0.508 e. The molecular weight excluding hydrogens is 465 g/mol. The summed E-state index contributed by atoms with van der Waals surface area (Å²) in [6, 6.07) is 11.1. The van der Waals surface area contributed by atoms with Crippen molar-refractivity contribution in [3.63, 3.8) is 0 Å². The van der Waals surface area contributed by atoms with Crippen molar-refractivity contribution in [2.24, 2.45) is 11.8 Å². The van der Waals surface area contributed by atoms with Crippen LogP contribution in [0.4, 0.5) is 0 Å². The molecule has 198 valence electrons. The second kappa shape index (κ2) is 10.2. The van der Waals surface area contributed by atoms with Crippen molar-refractivity contribution in [2.75, 3.05) is 0 Å². The molecule has 3 atom stereocenters. The smallest absolute Gasteiger partial charge is 0.494 e. The molecule has 2 bridgehead atoms. The summed E-state index contributed by atoms with van der Waals surface area (Å²) >= 11 is 0. The van der Waals surface area contributed by atoms with Crippen LogP contribution in [-0.2, 0) is 20.7 Å². The highest BCUT2D eigenvalue weighted by Crippen LogP contribution is 2.58. The molecule has 7 heteroatoms. The zero-order chi connectivity index (χ0) is 27.1. The lowest BCUT2D eigenvalue weighted by molar-refractivity contribution is 0.00578. The molecule has 6 rings (SSSR count). The van der Waals surface area contributed by atoms with E-state index in [1.807, 2.05) is 52.0 Å². The van der Waals surface area contributed by atoms with Crippen molar-refractivity contribution in [1.29, 1.82) is 5.41 Å². The Kier molecular flexibility index (Phi) is 7.51. The number of hydrogen-bond donors (Lipinski definition) is 3. The second-order valence-electron chi connectivity index (χ2n) is 11.8. The van der Waals surface area contributed by atoms with E-state index in [1.165, 1.54) is 5.57 Å². The zero-order valence-electron chi connectivity index (χ0n) is 23.0. The Bertz CT molecular complexity index is 1160. The third-order valence-electron chi connectivity index (χ3n) is 8.58. The molecule has 1 saturated heterocycles. The van der Waals surface area contributed by atoms with Gasteiger partial charge in [-0.3, -0.25) is 5.41 Å². The number of allylic oxidation sites excluding steroid dienone is 2. The molecule has 1 aliphatic heterocycles. The minimum atomic E-state index is -0.331. The standard InChI is InChI=1S/C16H20O2.C14H20BNO3/c1-8(2)10-7-11-9(3)6-12(10)16-14(18)5-4-13(17)15(11)16;1-13(2)14(3,4)19-15(18-13)12-7-5-11(6-8-12)9-17-10-16/h4-6,8,10-12,17-18H,7H2,1-3H3;5-8,10,16H,9H2,1-4H3. The first kappa shape index (κ1) is 27.3. The predicted octanol–water partition coefficient (Wildman–Crippen LogP) is 6.01. The molecule has 0 spiro atoms. The highest BCUT2D eigenvalue weighted by Gasteiger charge is 2.51. The molecule has 4 aliphatic rings. The van der Waals surface area contributed by atoms with Crippen LogP contribution in [0.5, 0.6) is 11.5 Å². The highest BCUT2D eigenvalue weighted by molar-refractivity contribution is 6.62. The predicted molar refractivity (Wildman–Crippen MR) is 148 cm³/mol. The van der Waals surface area contributed by atoms with Gasteiger partial charge in [-0.05, 0) is 76.0 Å². The topological polar surface area (TPSA) is 92.0 Å². The van der Waals surface area contributed by atoms with Gasteiger partial charge >= 0.3 is 7.12 Å². The van der Waals surface area contributed by atoms with Gasteiger partial charge < -0.3 is 24.3 Å². The van der Waals surface area contributed by atoms with Crippen molar-refractivity contribution < 1.29 is 24.3 Å². The van der Waals surface area contributed by atoms with Crippen LogP contribution in [-0.4, -0.2) is 34.9 Å². The molecule has 2 aromatic carbocycles. The normalized spacial score (nSPS) is 24.7. The van der Waals surface area contributed by atoms with E-state index in [4.69, 9.17) is 19.5 Å². The maximum absolute atomic E-state index is 10.1. The monoisotopic (exact) mass is 505 g/mol. The Labute approximate surface area is 221 Å². The van der Waals surface area contributed by atoms with E-state index < -0.39 is 0 Å². The van der Waals surface area contributed by atoms with Gasteiger partial charge in [0.2, 0.25) is 0 Å². The lowest BCUT2D eigenvalue weighted by Gasteiger charge is -2.44. The van der Waals surface area contributed by atoms with Crippen LogP contribution in [0.1, 0.15) is 83.4 Å². The zero-order valence-corrected chi connectivity index (χ0v) is 23.0. The fourth-order valence-corrected chi connectivity index (χ4v) is 5.68. The van der Waals surface area contributed by atoms with Crippen molar-refractivity contribution in [1.82, 2.24) is 0 Å². The number of phenolic OH excluding ortho intramolecular Hbond substituents is 2. The summed E-state index contributed by atoms with van der Waals surface area (Å²) < 4.78 is 16.9. The SMILES string of the molecule is CC1(C)OB(c2ccc(COC=N)cc2)OC1(C)C.CC1=CC2c3c(O)ccc(O)c3C1CC2C(C)C. The van der Waals surface area contributed by atoms with E-state index >= 15 is 0 Å². The first-order valence-electron chi connectivity index (χ1n) is 13.1. The number of ether oxygens (including phenoxy) is 1. The maximum atomic E-state index is 10.1.